The first-order chi connectivity index (χ1) is 20.8. The van der Waals surface area contributed by atoms with Gasteiger partial charge in [0.2, 0.25) is 0 Å². The Morgan fingerprint density at radius 1 is 1.00 bits per heavy atom. The van der Waals surface area contributed by atoms with E-state index in [2.05, 4.69) is 28.0 Å². The lowest BCUT2D eigenvalue weighted by Crippen LogP contribution is -2.48. The summed E-state index contributed by atoms with van der Waals surface area (Å²) in [6, 6.07) is 18.0. The van der Waals surface area contributed by atoms with E-state index in [0.29, 0.717) is 63.7 Å². The van der Waals surface area contributed by atoms with E-state index in [1.54, 1.807) is 39.2 Å². The number of carbonyl (C=O) groups excluding carboxylic acids is 1. The summed E-state index contributed by atoms with van der Waals surface area (Å²) in [6.07, 6.45) is 2.37. The largest absolute Gasteiger partial charge is 0.493 e. The summed E-state index contributed by atoms with van der Waals surface area (Å²) < 4.78 is 12.7. The molecule has 3 heterocycles. The molecule has 0 spiro atoms. The van der Waals surface area contributed by atoms with Gasteiger partial charge in [-0.15, -0.1) is 0 Å². The standard InChI is InChI=1S/C32H33N5O4S2/c1-21-24(19-28-31(39)37(32(42)43-28)13-12-22-10-11-26(40-3)27(18-22)41-4)29(34(2)30(38)25(21)20-33)36-16-14-35(15-17-36)23-8-6-5-7-9-23/h5-11,18-19H,12-17H2,1-4H3. The van der Waals surface area contributed by atoms with Gasteiger partial charge in [0.1, 0.15) is 21.8 Å². The van der Waals surface area contributed by atoms with Crippen molar-refractivity contribution in [2.45, 2.75) is 13.3 Å². The third-order valence-electron chi connectivity index (χ3n) is 7.89. The molecule has 0 radical (unpaired) electrons. The van der Waals surface area contributed by atoms with E-state index in [9.17, 15) is 14.9 Å². The predicted octanol–water partition coefficient (Wildman–Crippen LogP) is 4.35. The molecule has 0 saturated carbocycles. The highest BCUT2D eigenvalue weighted by Crippen LogP contribution is 2.36. The maximum Gasteiger partial charge on any atom is 0.270 e. The van der Waals surface area contributed by atoms with Crippen LogP contribution in [0.2, 0.25) is 0 Å². The van der Waals surface area contributed by atoms with Gasteiger partial charge < -0.3 is 19.3 Å². The van der Waals surface area contributed by atoms with Gasteiger partial charge in [0, 0.05) is 51.0 Å². The monoisotopic (exact) mass is 615 g/mol. The number of carbonyl (C=O) groups is 1. The zero-order chi connectivity index (χ0) is 30.7. The van der Waals surface area contributed by atoms with Crippen LogP contribution in [0.5, 0.6) is 11.5 Å². The molecule has 5 rings (SSSR count). The lowest BCUT2D eigenvalue weighted by molar-refractivity contribution is -0.122. The van der Waals surface area contributed by atoms with Gasteiger partial charge in [-0.25, -0.2) is 0 Å². The quantitative estimate of drug-likeness (QED) is 0.271. The molecule has 2 aromatic carbocycles. The minimum atomic E-state index is -0.347. The molecule has 2 fully saturated rings. The van der Waals surface area contributed by atoms with E-state index >= 15 is 0 Å². The number of methoxy groups -OCH3 is 2. The smallest absolute Gasteiger partial charge is 0.270 e. The highest BCUT2D eigenvalue weighted by molar-refractivity contribution is 8.26. The summed E-state index contributed by atoms with van der Waals surface area (Å²) >= 11 is 6.86. The molecule has 9 nitrogen and oxygen atoms in total. The molecule has 2 aliphatic rings. The fourth-order valence-corrected chi connectivity index (χ4v) is 6.80. The van der Waals surface area contributed by atoms with Crippen molar-refractivity contribution in [3.63, 3.8) is 0 Å². The summed E-state index contributed by atoms with van der Waals surface area (Å²) in [5, 5.41) is 9.83. The van der Waals surface area contributed by atoms with Gasteiger partial charge in [-0.2, -0.15) is 5.26 Å². The van der Waals surface area contributed by atoms with E-state index in [0.717, 1.165) is 24.3 Å². The number of nitriles is 1. The van der Waals surface area contributed by atoms with Crippen LogP contribution >= 0.6 is 24.0 Å². The van der Waals surface area contributed by atoms with Crippen molar-refractivity contribution in [2.75, 3.05) is 56.7 Å². The van der Waals surface area contributed by atoms with Crippen molar-refractivity contribution in [2.24, 2.45) is 7.05 Å². The summed E-state index contributed by atoms with van der Waals surface area (Å²) in [5.41, 5.74) is 3.11. The minimum Gasteiger partial charge on any atom is -0.493 e. The number of para-hydroxylation sites is 1. The van der Waals surface area contributed by atoms with Crippen molar-refractivity contribution in [1.29, 1.82) is 5.26 Å². The number of rotatable bonds is 8. The molecule has 1 amide bonds. The normalized spacial score (nSPS) is 16.2. The highest BCUT2D eigenvalue weighted by Gasteiger charge is 2.33. The van der Waals surface area contributed by atoms with Crippen LogP contribution in [0.25, 0.3) is 6.08 Å². The molecule has 1 aromatic heterocycles. The maximum atomic E-state index is 13.6. The Bertz CT molecular complexity index is 1690. The second-order valence-electron chi connectivity index (χ2n) is 10.3. The molecule has 2 saturated heterocycles. The molecule has 2 aliphatic heterocycles. The number of anilines is 2. The second-order valence-corrected chi connectivity index (χ2v) is 12.0. The third kappa shape index (κ3) is 5.98. The molecule has 43 heavy (non-hydrogen) atoms. The fourth-order valence-electron chi connectivity index (χ4n) is 5.51. The van der Waals surface area contributed by atoms with Gasteiger partial charge >= 0.3 is 0 Å². The SMILES string of the molecule is COc1ccc(CCN2C(=O)C(=Cc3c(C)c(C#N)c(=O)n(C)c3N3CCN(c4ccccc4)CC3)SC2=S)cc1OC. The Morgan fingerprint density at radius 3 is 2.33 bits per heavy atom. The van der Waals surface area contributed by atoms with Gasteiger partial charge in [0.15, 0.2) is 11.5 Å². The topological polar surface area (TPSA) is 91.0 Å². The molecular weight excluding hydrogens is 583 g/mol. The molecule has 3 aromatic rings. The first-order valence-electron chi connectivity index (χ1n) is 13.9. The number of piperazine rings is 1. The summed E-state index contributed by atoms with van der Waals surface area (Å²) in [5.74, 6) is 1.77. The van der Waals surface area contributed by atoms with Crippen LogP contribution in [0.1, 0.15) is 22.3 Å². The van der Waals surface area contributed by atoms with Gasteiger partial charge in [0.05, 0.1) is 19.1 Å². The first-order valence-corrected chi connectivity index (χ1v) is 15.1. The van der Waals surface area contributed by atoms with E-state index in [4.69, 9.17) is 21.7 Å². The van der Waals surface area contributed by atoms with Gasteiger partial charge in [0.25, 0.3) is 11.5 Å². The van der Waals surface area contributed by atoms with Crippen molar-refractivity contribution < 1.29 is 14.3 Å². The highest BCUT2D eigenvalue weighted by atomic mass is 32.2. The Balaban J connectivity index is 1.42. The second kappa shape index (κ2) is 12.9. The molecule has 0 bridgehead atoms. The lowest BCUT2D eigenvalue weighted by atomic mass is 10.0. The van der Waals surface area contributed by atoms with Crippen LogP contribution in [-0.2, 0) is 18.3 Å². The van der Waals surface area contributed by atoms with Gasteiger partial charge in [-0.1, -0.05) is 48.2 Å². The minimum absolute atomic E-state index is 0.0735. The van der Waals surface area contributed by atoms with E-state index in [1.165, 1.54) is 16.3 Å². The van der Waals surface area contributed by atoms with Crippen molar-refractivity contribution >= 4 is 51.8 Å². The number of thioether (sulfide) groups is 1. The molecular formula is C32H33N5O4S2. The average molecular weight is 616 g/mol. The average Bonchev–Trinajstić information content (AvgIpc) is 3.30. The molecule has 0 N–H and O–H groups in total. The summed E-state index contributed by atoms with van der Waals surface area (Å²) in [4.78, 5) is 33.4. The summed E-state index contributed by atoms with van der Waals surface area (Å²) in [7, 11) is 4.87. The molecule has 222 valence electrons. The number of hydrogen-bond acceptors (Lipinski definition) is 9. The number of aromatic nitrogens is 1. The Labute approximate surface area is 260 Å². The van der Waals surface area contributed by atoms with Crippen molar-refractivity contribution in [1.82, 2.24) is 9.47 Å². The predicted molar refractivity (Wildman–Crippen MR) is 175 cm³/mol. The number of ether oxygens (including phenoxy) is 2. The van der Waals surface area contributed by atoms with Gasteiger partial charge in [-0.3, -0.25) is 19.1 Å². The zero-order valence-electron chi connectivity index (χ0n) is 24.6. The first kappa shape index (κ1) is 30.2. The number of thiocarbonyl (C=S) groups is 1. The molecule has 0 atom stereocenters. The Morgan fingerprint density at radius 2 is 1.67 bits per heavy atom. The Kier molecular flexibility index (Phi) is 9.08. The van der Waals surface area contributed by atoms with Crippen LogP contribution in [0.4, 0.5) is 11.5 Å². The number of nitrogens with zero attached hydrogens (tertiary/aromatic N) is 5. The van der Waals surface area contributed by atoms with Crippen LogP contribution < -0.4 is 24.8 Å². The Hall–Kier alpha value is -4.27. The molecule has 0 unspecified atom stereocenters. The molecule has 0 aliphatic carbocycles. The van der Waals surface area contributed by atoms with E-state index < -0.39 is 0 Å². The van der Waals surface area contributed by atoms with E-state index in [1.807, 2.05) is 36.4 Å². The van der Waals surface area contributed by atoms with Crippen LogP contribution in [-0.4, -0.2) is 66.6 Å². The van der Waals surface area contributed by atoms with Gasteiger partial charge in [-0.05, 0) is 54.8 Å². The van der Waals surface area contributed by atoms with Crippen LogP contribution in [0, 0.1) is 18.3 Å². The number of hydrogen-bond donors (Lipinski definition) is 0. The number of amides is 1. The van der Waals surface area contributed by atoms with E-state index in [-0.39, 0.29) is 17.0 Å². The van der Waals surface area contributed by atoms with Crippen molar-refractivity contribution in [3.8, 4) is 17.6 Å². The number of benzene rings is 2. The third-order valence-corrected chi connectivity index (χ3v) is 9.27. The molecule has 11 heteroatoms. The summed E-state index contributed by atoms with van der Waals surface area (Å²) in [6.45, 7) is 5.08. The maximum absolute atomic E-state index is 13.6. The zero-order valence-corrected chi connectivity index (χ0v) is 26.3. The van der Waals surface area contributed by atoms with Crippen LogP contribution in [0.15, 0.2) is 58.2 Å². The van der Waals surface area contributed by atoms with Crippen molar-refractivity contribution in [3.05, 3.63) is 86.0 Å². The fraction of sp³-hybridized carbons (Fsp3) is 0.312. The number of pyridine rings is 1. The lowest BCUT2D eigenvalue weighted by Gasteiger charge is -2.38. The van der Waals surface area contributed by atoms with Crippen LogP contribution in [0.3, 0.4) is 0 Å².